The third kappa shape index (κ3) is 4.51. The summed E-state index contributed by atoms with van der Waals surface area (Å²) in [6.45, 7) is 0.712. The zero-order valence-electron chi connectivity index (χ0n) is 18.2. The van der Waals surface area contributed by atoms with E-state index >= 15 is 0 Å². The molecule has 9 heteroatoms. The number of hydrogen-bond donors (Lipinski definition) is 3. The maximum Gasteiger partial charge on any atom is 0.407 e. The Kier molecular flexibility index (Phi) is 6.02. The van der Waals surface area contributed by atoms with E-state index in [1.165, 1.54) is 28.7 Å². The molecular weight excluding hydrogens is 454 g/mol. The van der Waals surface area contributed by atoms with Gasteiger partial charge in [-0.3, -0.25) is 9.59 Å². The molecule has 0 bridgehead atoms. The lowest BCUT2D eigenvalue weighted by atomic mass is 9.98. The number of thiazole rings is 1. The van der Waals surface area contributed by atoms with E-state index in [0.29, 0.717) is 22.9 Å². The molecule has 1 saturated carbocycles. The zero-order chi connectivity index (χ0) is 23.7. The van der Waals surface area contributed by atoms with Gasteiger partial charge >= 0.3 is 12.1 Å². The summed E-state index contributed by atoms with van der Waals surface area (Å²) in [6, 6.07) is 16.3. The van der Waals surface area contributed by atoms with Crippen molar-refractivity contribution in [1.29, 1.82) is 0 Å². The Hall–Kier alpha value is -3.72. The number of aromatic nitrogens is 1. The molecule has 0 unspecified atom stereocenters. The molecule has 8 nitrogen and oxygen atoms in total. The Morgan fingerprint density at radius 3 is 2.35 bits per heavy atom. The van der Waals surface area contributed by atoms with Crippen LogP contribution in [0.15, 0.2) is 54.7 Å². The molecule has 5 rings (SSSR count). The number of carboxylic acid groups (broad SMARTS) is 1. The van der Waals surface area contributed by atoms with Gasteiger partial charge in [0.2, 0.25) is 0 Å². The number of ether oxygens (including phenoxy) is 1. The number of aliphatic carboxylic acids is 1. The maximum absolute atomic E-state index is 12.3. The molecule has 0 radical (unpaired) electrons. The maximum atomic E-state index is 12.3. The van der Waals surface area contributed by atoms with Crippen molar-refractivity contribution in [1.82, 2.24) is 15.6 Å². The molecule has 2 aromatic carbocycles. The van der Waals surface area contributed by atoms with Crippen molar-refractivity contribution in [3.8, 4) is 11.1 Å². The van der Waals surface area contributed by atoms with Crippen molar-refractivity contribution in [2.24, 2.45) is 11.8 Å². The summed E-state index contributed by atoms with van der Waals surface area (Å²) in [5.74, 6) is -1.50. The average molecular weight is 478 g/mol. The van der Waals surface area contributed by atoms with Gasteiger partial charge in [-0.05, 0) is 34.6 Å². The van der Waals surface area contributed by atoms with E-state index < -0.39 is 12.1 Å². The first-order chi connectivity index (χ1) is 16.5. The molecule has 0 spiro atoms. The first-order valence-electron chi connectivity index (χ1n) is 11.1. The minimum absolute atomic E-state index is 0.0101. The number of nitrogens with zero attached hydrogens (tertiary/aromatic N) is 1. The van der Waals surface area contributed by atoms with E-state index in [2.05, 4.69) is 39.9 Å². The summed E-state index contributed by atoms with van der Waals surface area (Å²) < 4.78 is 5.52. The monoisotopic (exact) mass is 477 g/mol. The summed E-state index contributed by atoms with van der Waals surface area (Å²) in [7, 11) is 0. The minimum atomic E-state index is -0.821. The van der Waals surface area contributed by atoms with Crippen LogP contribution in [-0.4, -0.2) is 41.2 Å². The van der Waals surface area contributed by atoms with E-state index in [4.69, 9.17) is 9.84 Å². The Morgan fingerprint density at radius 2 is 1.71 bits per heavy atom. The van der Waals surface area contributed by atoms with Crippen molar-refractivity contribution < 1.29 is 24.2 Å². The number of carbonyl (C=O) groups excluding carboxylic acids is 2. The van der Waals surface area contributed by atoms with E-state index in [0.717, 1.165) is 11.1 Å². The standard InChI is InChI=1S/C25H23N3O5S/c29-23(27-10-14-9-19(14)24(30)31)21-11-26-22(34-21)12-28-25(32)33-13-20-17-7-3-1-5-15(17)16-6-2-4-8-18(16)20/h1-8,11,14,19-20H,9-10,12-13H2,(H,27,29)(H,28,32)(H,30,31)/t14-,19-/m0/s1. The summed E-state index contributed by atoms with van der Waals surface area (Å²) in [5, 5.41) is 15.0. The lowest BCUT2D eigenvalue weighted by molar-refractivity contribution is -0.138. The van der Waals surface area contributed by atoms with Crippen LogP contribution in [0.4, 0.5) is 4.79 Å². The van der Waals surface area contributed by atoms with Gasteiger partial charge in [0.15, 0.2) is 0 Å². The Morgan fingerprint density at radius 1 is 1.03 bits per heavy atom. The zero-order valence-corrected chi connectivity index (χ0v) is 19.0. The molecule has 1 fully saturated rings. The Labute approximate surface area is 200 Å². The predicted octanol–water partition coefficient (Wildman–Crippen LogP) is 3.63. The summed E-state index contributed by atoms with van der Waals surface area (Å²) in [4.78, 5) is 40.1. The topological polar surface area (TPSA) is 118 Å². The van der Waals surface area contributed by atoms with Crippen LogP contribution < -0.4 is 10.6 Å². The van der Waals surface area contributed by atoms with Gasteiger partial charge in [0, 0.05) is 12.5 Å². The fourth-order valence-electron chi connectivity index (χ4n) is 4.38. The highest BCUT2D eigenvalue weighted by Gasteiger charge is 2.43. The number of carboxylic acids is 1. The van der Waals surface area contributed by atoms with Gasteiger partial charge in [-0.1, -0.05) is 48.5 Å². The van der Waals surface area contributed by atoms with Crippen molar-refractivity contribution in [3.63, 3.8) is 0 Å². The van der Waals surface area contributed by atoms with E-state index in [1.54, 1.807) is 0 Å². The number of benzene rings is 2. The molecule has 0 aliphatic heterocycles. The van der Waals surface area contributed by atoms with Crippen LogP contribution >= 0.6 is 11.3 Å². The predicted molar refractivity (Wildman–Crippen MR) is 126 cm³/mol. The number of carbonyl (C=O) groups is 3. The highest BCUT2D eigenvalue weighted by Crippen LogP contribution is 2.44. The second kappa shape index (κ2) is 9.26. The number of rotatable bonds is 8. The highest BCUT2D eigenvalue weighted by molar-refractivity contribution is 7.13. The first kappa shape index (κ1) is 22.1. The second-order valence-corrected chi connectivity index (χ2v) is 9.56. The van der Waals surface area contributed by atoms with Gasteiger partial charge in [-0.15, -0.1) is 11.3 Å². The van der Waals surface area contributed by atoms with Crippen LogP contribution in [0.3, 0.4) is 0 Å². The number of amides is 2. The molecule has 0 saturated heterocycles. The molecule has 2 amide bonds. The first-order valence-corrected chi connectivity index (χ1v) is 11.9. The second-order valence-electron chi connectivity index (χ2n) is 8.45. The largest absolute Gasteiger partial charge is 0.481 e. The number of nitrogens with one attached hydrogen (secondary N) is 2. The molecule has 2 aliphatic rings. The van der Waals surface area contributed by atoms with Gasteiger partial charge in [-0.2, -0.15) is 0 Å². The van der Waals surface area contributed by atoms with Crippen LogP contribution in [-0.2, 0) is 16.1 Å². The Balaban J connectivity index is 1.11. The van der Waals surface area contributed by atoms with Crippen LogP contribution in [0.2, 0.25) is 0 Å². The third-order valence-electron chi connectivity index (χ3n) is 6.27. The third-order valence-corrected chi connectivity index (χ3v) is 7.27. The highest BCUT2D eigenvalue weighted by atomic mass is 32.1. The smallest absolute Gasteiger partial charge is 0.407 e. The quantitative estimate of drug-likeness (QED) is 0.456. The molecule has 3 aromatic rings. The molecule has 1 aromatic heterocycles. The van der Waals surface area contributed by atoms with Crippen LogP contribution in [0, 0.1) is 11.8 Å². The van der Waals surface area contributed by atoms with Gasteiger partial charge in [0.25, 0.3) is 5.91 Å². The van der Waals surface area contributed by atoms with Gasteiger partial charge in [-0.25, -0.2) is 9.78 Å². The molecule has 2 aliphatic carbocycles. The molecule has 174 valence electrons. The molecule has 34 heavy (non-hydrogen) atoms. The van der Waals surface area contributed by atoms with E-state index in [9.17, 15) is 14.4 Å². The summed E-state index contributed by atoms with van der Waals surface area (Å²) >= 11 is 1.18. The molecule has 3 N–H and O–H groups in total. The summed E-state index contributed by atoms with van der Waals surface area (Å²) in [5.41, 5.74) is 4.63. The SMILES string of the molecule is O=C(NCc1ncc(C(=O)NC[C@@H]2C[C@@H]2C(=O)O)s1)OCC1c2ccccc2-c2ccccc21. The lowest BCUT2D eigenvalue weighted by Gasteiger charge is -2.14. The number of alkyl carbamates (subject to hydrolysis) is 1. The normalized spacial score (nSPS) is 18.0. The van der Waals surface area contributed by atoms with Crippen molar-refractivity contribution in [2.45, 2.75) is 18.9 Å². The Bertz CT molecular complexity index is 1210. The van der Waals surface area contributed by atoms with Crippen molar-refractivity contribution in [3.05, 3.63) is 75.7 Å². The van der Waals surface area contributed by atoms with E-state index in [1.807, 2.05) is 24.3 Å². The average Bonchev–Trinajstić information content (AvgIpc) is 3.36. The van der Waals surface area contributed by atoms with Gasteiger partial charge in [0.1, 0.15) is 16.5 Å². The summed E-state index contributed by atoms with van der Waals surface area (Å²) in [6.07, 6.45) is 1.50. The van der Waals surface area contributed by atoms with Crippen LogP contribution in [0.1, 0.15) is 38.1 Å². The van der Waals surface area contributed by atoms with Gasteiger partial charge < -0.3 is 20.5 Å². The fourth-order valence-corrected chi connectivity index (χ4v) is 5.15. The molecular formula is C25H23N3O5S. The molecule has 1 heterocycles. The van der Waals surface area contributed by atoms with Crippen molar-refractivity contribution >= 4 is 29.3 Å². The van der Waals surface area contributed by atoms with E-state index in [-0.39, 0.29) is 36.8 Å². The van der Waals surface area contributed by atoms with Crippen LogP contribution in [0.5, 0.6) is 0 Å². The fraction of sp³-hybridized carbons (Fsp3) is 0.280. The minimum Gasteiger partial charge on any atom is -0.481 e. The van der Waals surface area contributed by atoms with Crippen LogP contribution in [0.25, 0.3) is 11.1 Å². The number of hydrogen-bond acceptors (Lipinski definition) is 6. The molecule has 2 atom stereocenters. The van der Waals surface area contributed by atoms with Crippen molar-refractivity contribution in [2.75, 3.05) is 13.2 Å². The lowest BCUT2D eigenvalue weighted by Crippen LogP contribution is -2.26. The number of fused-ring (bicyclic) bond motifs is 3. The van der Waals surface area contributed by atoms with Gasteiger partial charge in [0.05, 0.1) is 18.7 Å².